The molecule has 0 saturated heterocycles. The standard InChI is InChI=1S/C22H26O5/c1-4-5-8-15-25-21(23)17-11-13-18(14-12-17)22(24)27-20-10-7-6-9-19(20)26-16(2)3/h6-7,9-14,16H,4-5,8,15H2,1-3H3. The summed E-state index contributed by atoms with van der Waals surface area (Å²) >= 11 is 0. The van der Waals surface area contributed by atoms with Gasteiger partial charge in [0.1, 0.15) is 0 Å². The molecule has 0 fully saturated rings. The molecule has 0 amide bonds. The van der Waals surface area contributed by atoms with Gasteiger partial charge in [-0.25, -0.2) is 9.59 Å². The Balaban J connectivity index is 1.99. The van der Waals surface area contributed by atoms with Gasteiger partial charge in [0, 0.05) is 0 Å². The molecule has 0 bridgehead atoms. The highest BCUT2D eigenvalue weighted by atomic mass is 16.6. The van der Waals surface area contributed by atoms with Crippen molar-refractivity contribution in [3.05, 3.63) is 59.7 Å². The molecule has 0 unspecified atom stereocenters. The van der Waals surface area contributed by atoms with Gasteiger partial charge in [0.05, 0.1) is 23.8 Å². The molecule has 0 atom stereocenters. The van der Waals surface area contributed by atoms with Gasteiger partial charge in [-0.15, -0.1) is 0 Å². The van der Waals surface area contributed by atoms with Crippen molar-refractivity contribution in [1.29, 1.82) is 0 Å². The van der Waals surface area contributed by atoms with Crippen LogP contribution in [0.2, 0.25) is 0 Å². The van der Waals surface area contributed by atoms with Crippen LogP contribution in [0.1, 0.15) is 60.7 Å². The van der Waals surface area contributed by atoms with Gasteiger partial charge in [-0.1, -0.05) is 31.9 Å². The molecule has 0 aliphatic carbocycles. The zero-order chi connectivity index (χ0) is 19.6. The number of carbonyl (C=O) groups is 2. The Morgan fingerprint density at radius 1 is 0.852 bits per heavy atom. The number of unbranched alkanes of at least 4 members (excludes halogenated alkanes) is 2. The van der Waals surface area contributed by atoms with Crippen LogP contribution in [-0.2, 0) is 4.74 Å². The summed E-state index contributed by atoms with van der Waals surface area (Å²) in [5, 5.41) is 0. The number of para-hydroxylation sites is 2. The first-order valence-electron chi connectivity index (χ1n) is 9.26. The molecule has 2 aromatic carbocycles. The van der Waals surface area contributed by atoms with E-state index >= 15 is 0 Å². The van der Waals surface area contributed by atoms with Crippen molar-refractivity contribution in [2.45, 2.75) is 46.1 Å². The predicted octanol–water partition coefficient (Wildman–Crippen LogP) is 5.04. The van der Waals surface area contributed by atoms with Crippen molar-refractivity contribution < 1.29 is 23.8 Å². The van der Waals surface area contributed by atoms with E-state index in [0.717, 1.165) is 19.3 Å². The Morgan fingerprint density at radius 2 is 1.44 bits per heavy atom. The first-order chi connectivity index (χ1) is 13.0. The number of carbonyl (C=O) groups excluding carboxylic acids is 2. The fourth-order valence-corrected chi connectivity index (χ4v) is 2.39. The van der Waals surface area contributed by atoms with Gasteiger partial charge in [-0.05, 0) is 56.7 Å². The fraction of sp³-hybridized carbons (Fsp3) is 0.364. The van der Waals surface area contributed by atoms with E-state index in [1.807, 2.05) is 19.9 Å². The lowest BCUT2D eigenvalue weighted by atomic mass is 10.1. The third-order valence-corrected chi connectivity index (χ3v) is 3.75. The van der Waals surface area contributed by atoms with Crippen LogP contribution in [-0.4, -0.2) is 24.6 Å². The van der Waals surface area contributed by atoms with E-state index in [4.69, 9.17) is 14.2 Å². The lowest BCUT2D eigenvalue weighted by molar-refractivity contribution is 0.0497. The normalized spacial score (nSPS) is 10.5. The van der Waals surface area contributed by atoms with E-state index in [0.29, 0.717) is 29.2 Å². The zero-order valence-electron chi connectivity index (χ0n) is 16.1. The van der Waals surface area contributed by atoms with E-state index in [-0.39, 0.29) is 12.1 Å². The topological polar surface area (TPSA) is 61.8 Å². The Kier molecular flexibility index (Phi) is 7.86. The Bertz CT molecular complexity index is 750. The van der Waals surface area contributed by atoms with E-state index in [9.17, 15) is 9.59 Å². The van der Waals surface area contributed by atoms with E-state index in [1.54, 1.807) is 42.5 Å². The highest BCUT2D eigenvalue weighted by Crippen LogP contribution is 2.28. The molecule has 0 spiro atoms. The summed E-state index contributed by atoms with van der Waals surface area (Å²) in [6.07, 6.45) is 2.91. The predicted molar refractivity (Wildman–Crippen MR) is 103 cm³/mol. The molecule has 0 aliphatic rings. The van der Waals surface area contributed by atoms with Gasteiger partial charge in [-0.3, -0.25) is 0 Å². The van der Waals surface area contributed by atoms with Crippen LogP contribution < -0.4 is 9.47 Å². The second-order valence-corrected chi connectivity index (χ2v) is 6.42. The van der Waals surface area contributed by atoms with Crippen molar-refractivity contribution in [3.8, 4) is 11.5 Å². The number of benzene rings is 2. The second-order valence-electron chi connectivity index (χ2n) is 6.42. The SMILES string of the molecule is CCCCCOC(=O)c1ccc(C(=O)Oc2ccccc2OC(C)C)cc1. The van der Waals surface area contributed by atoms with Crippen molar-refractivity contribution >= 4 is 11.9 Å². The van der Waals surface area contributed by atoms with Crippen LogP contribution in [0.15, 0.2) is 48.5 Å². The average molecular weight is 370 g/mol. The third kappa shape index (κ3) is 6.44. The maximum Gasteiger partial charge on any atom is 0.343 e. The van der Waals surface area contributed by atoms with Gasteiger partial charge in [-0.2, -0.15) is 0 Å². The molecule has 27 heavy (non-hydrogen) atoms. The van der Waals surface area contributed by atoms with Crippen molar-refractivity contribution in [2.24, 2.45) is 0 Å². The van der Waals surface area contributed by atoms with Gasteiger partial charge < -0.3 is 14.2 Å². The average Bonchev–Trinajstić information content (AvgIpc) is 2.66. The Labute approximate surface area is 160 Å². The molecule has 144 valence electrons. The van der Waals surface area contributed by atoms with Gasteiger partial charge >= 0.3 is 11.9 Å². The molecule has 5 nitrogen and oxygen atoms in total. The summed E-state index contributed by atoms with van der Waals surface area (Å²) in [7, 11) is 0. The summed E-state index contributed by atoms with van der Waals surface area (Å²) in [4.78, 5) is 24.4. The monoisotopic (exact) mass is 370 g/mol. The number of ether oxygens (including phenoxy) is 3. The minimum atomic E-state index is -0.516. The van der Waals surface area contributed by atoms with Crippen molar-refractivity contribution in [1.82, 2.24) is 0 Å². The number of hydrogen-bond donors (Lipinski definition) is 0. The largest absolute Gasteiger partial charge is 0.487 e. The Morgan fingerprint density at radius 3 is 2.04 bits per heavy atom. The molecular weight excluding hydrogens is 344 g/mol. The maximum atomic E-state index is 12.4. The van der Waals surface area contributed by atoms with Crippen LogP contribution >= 0.6 is 0 Å². The van der Waals surface area contributed by atoms with Crippen LogP contribution in [0, 0.1) is 0 Å². The Hall–Kier alpha value is -2.82. The quantitative estimate of drug-likeness (QED) is 0.351. The van der Waals surface area contributed by atoms with Crippen molar-refractivity contribution in [3.63, 3.8) is 0 Å². The molecule has 0 radical (unpaired) electrons. The molecule has 0 aromatic heterocycles. The molecule has 0 N–H and O–H groups in total. The summed E-state index contributed by atoms with van der Waals surface area (Å²) in [6, 6.07) is 13.2. The number of esters is 2. The zero-order valence-corrected chi connectivity index (χ0v) is 16.1. The summed E-state index contributed by atoms with van der Waals surface area (Å²) < 4.78 is 16.3. The second kappa shape index (κ2) is 10.4. The molecule has 5 heteroatoms. The fourth-order valence-electron chi connectivity index (χ4n) is 2.39. The van der Waals surface area contributed by atoms with E-state index < -0.39 is 5.97 Å². The highest BCUT2D eigenvalue weighted by molar-refractivity contribution is 5.94. The molecule has 0 saturated carbocycles. The third-order valence-electron chi connectivity index (χ3n) is 3.75. The van der Waals surface area contributed by atoms with Gasteiger partial charge in [0.2, 0.25) is 0 Å². The summed E-state index contributed by atoms with van der Waals surface area (Å²) in [5.41, 5.74) is 0.753. The lowest BCUT2D eigenvalue weighted by Crippen LogP contribution is -2.12. The number of rotatable bonds is 9. The van der Waals surface area contributed by atoms with Crippen LogP contribution in [0.4, 0.5) is 0 Å². The smallest absolute Gasteiger partial charge is 0.343 e. The van der Waals surface area contributed by atoms with Crippen molar-refractivity contribution in [2.75, 3.05) is 6.61 Å². The molecule has 0 heterocycles. The van der Waals surface area contributed by atoms with E-state index in [2.05, 4.69) is 6.92 Å². The first-order valence-corrected chi connectivity index (χ1v) is 9.26. The van der Waals surface area contributed by atoms with Crippen LogP contribution in [0.5, 0.6) is 11.5 Å². The highest BCUT2D eigenvalue weighted by Gasteiger charge is 2.14. The molecule has 2 aromatic rings. The number of hydrogen-bond acceptors (Lipinski definition) is 5. The molecule has 2 rings (SSSR count). The summed E-state index contributed by atoms with van der Waals surface area (Å²) in [5.74, 6) is -0.0388. The first kappa shape index (κ1) is 20.5. The minimum Gasteiger partial charge on any atom is -0.487 e. The van der Waals surface area contributed by atoms with Crippen LogP contribution in [0.3, 0.4) is 0 Å². The van der Waals surface area contributed by atoms with E-state index in [1.165, 1.54) is 0 Å². The summed E-state index contributed by atoms with van der Waals surface area (Å²) in [6.45, 7) is 6.30. The molecular formula is C22H26O5. The van der Waals surface area contributed by atoms with Gasteiger partial charge in [0.25, 0.3) is 0 Å². The maximum absolute atomic E-state index is 12.4. The van der Waals surface area contributed by atoms with Crippen LogP contribution in [0.25, 0.3) is 0 Å². The van der Waals surface area contributed by atoms with Gasteiger partial charge in [0.15, 0.2) is 11.5 Å². The lowest BCUT2D eigenvalue weighted by Gasteiger charge is -2.13. The minimum absolute atomic E-state index is 0.0347. The molecule has 0 aliphatic heterocycles.